The van der Waals surface area contributed by atoms with Gasteiger partial charge in [0.05, 0.1) is 13.4 Å². The van der Waals surface area contributed by atoms with Crippen molar-refractivity contribution in [1.82, 2.24) is 19.9 Å². The third-order valence-corrected chi connectivity index (χ3v) is 4.59. The van der Waals surface area contributed by atoms with Gasteiger partial charge in [0.15, 0.2) is 5.65 Å². The first kappa shape index (κ1) is 14.9. The molecule has 3 aromatic rings. The molecule has 1 aliphatic carbocycles. The molecule has 124 valence electrons. The Morgan fingerprint density at radius 1 is 1.08 bits per heavy atom. The second-order valence-corrected chi connectivity index (χ2v) is 6.20. The monoisotopic (exact) mass is 323 g/mol. The zero-order valence-electron chi connectivity index (χ0n) is 13.7. The minimum atomic E-state index is 0.457. The third-order valence-electron chi connectivity index (χ3n) is 4.59. The van der Waals surface area contributed by atoms with E-state index in [-0.39, 0.29) is 0 Å². The van der Waals surface area contributed by atoms with E-state index in [9.17, 15) is 0 Å². The number of imidazole rings is 1. The maximum Gasteiger partial charge on any atom is 0.225 e. The van der Waals surface area contributed by atoms with E-state index in [1.54, 1.807) is 13.4 Å². The van der Waals surface area contributed by atoms with Crippen molar-refractivity contribution in [3.05, 3.63) is 30.6 Å². The Hall–Kier alpha value is -2.63. The van der Waals surface area contributed by atoms with Gasteiger partial charge in [-0.25, -0.2) is 9.97 Å². The third kappa shape index (κ3) is 2.91. The number of methoxy groups -OCH3 is 1. The average Bonchev–Trinajstić information content (AvgIpc) is 3.10. The van der Waals surface area contributed by atoms with Crippen molar-refractivity contribution >= 4 is 17.1 Å². The molecule has 0 saturated heterocycles. The summed E-state index contributed by atoms with van der Waals surface area (Å²) >= 11 is 0. The Morgan fingerprint density at radius 2 is 1.88 bits per heavy atom. The first-order valence-electron chi connectivity index (χ1n) is 8.45. The minimum Gasteiger partial charge on any atom is -0.497 e. The van der Waals surface area contributed by atoms with Crippen LogP contribution in [0.3, 0.4) is 0 Å². The summed E-state index contributed by atoms with van der Waals surface area (Å²) in [6.07, 6.45) is 7.90. The molecule has 24 heavy (non-hydrogen) atoms. The molecule has 0 amide bonds. The number of rotatable bonds is 4. The van der Waals surface area contributed by atoms with Crippen molar-refractivity contribution in [2.24, 2.45) is 0 Å². The molecule has 0 atom stereocenters. The van der Waals surface area contributed by atoms with Gasteiger partial charge in [0, 0.05) is 11.6 Å². The molecule has 2 heterocycles. The van der Waals surface area contributed by atoms with Gasteiger partial charge in [-0.1, -0.05) is 19.3 Å². The Balaban J connectivity index is 1.71. The molecule has 1 saturated carbocycles. The van der Waals surface area contributed by atoms with Crippen LogP contribution in [0.4, 0.5) is 5.95 Å². The zero-order chi connectivity index (χ0) is 16.4. The molecule has 1 fully saturated rings. The van der Waals surface area contributed by atoms with E-state index < -0.39 is 0 Å². The highest BCUT2D eigenvalue weighted by atomic mass is 16.5. The number of nitrogens with zero attached hydrogens (tertiary/aromatic N) is 3. The van der Waals surface area contributed by atoms with Gasteiger partial charge in [-0.3, -0.25) is 0 Å². The van der Waals surface area contributed by atoms with Crippen molar-refractivity contribution < 1.29 is 4.74 Å². The van der Waals surface area contributed by atoms with E-state index in [0.29, 0.717) is 17.6 Å². The SMILES string of the molecule is COc1ccc(-c2nc(NC3CCCCC3)nc3nc[nH]c23)cc1. The fourth-order valence-corrected chi connectivity index (χ4v) is 3.29. The van der Waals surface area contributed by atoms with Gasteiger partial charge in [0.1, 0.15) is 17.0 Å². The van der Waals surface area contributed by atoms with Crippen molar-refractivity contribution in [2.45, 2.75) is 38.1 Å². The molecule has 0 radical (unpaired) electrons. The Labute approximate surface area is 140 Å². The number of hydrogen-bond donors (Lipinski definition) is 2. The van der Waals surface area contributed by atoms with Crippen LogP contribution in [0.5, 0.6) is 5.75 Å². The predicted molar refractivity (Wildman–Crippen MR) is 94.2 cm³/mol. The van der Waals surface area contributed by atoms with Crippen LogP contribution >= 0.6 is 0 Å². The minimum absolute atomic E-state index is 0.457. The molecule has 0 bridgehead atoms. The second kappa shape index (κ2) is 6.47. The number of H-pyrrole nitrogens is 1. The molecular formula is C18H21N5O. The number of nitrogens with one attached hydrogen (secondary N) is 2. The number of hydrogen-bond acceptors (Lipinski definition) is 5. The summed E-state index contributed by atoms with van der Waals surface area (Å²) in [7, 11) is 1.67. The lowest BCUT2D eigenvalue weighted by Crippen LogP contribution is -2.23. The van der Waals surface area contributed by atoms with Crippen LogP contribution < -0.4 is 10.1 Å². The summed E-state index contributed by atoms with van der Waals surface area (Å²) in [6.45, 7) is 0. The smallest absolute Gasteiger partial charge is 0.225 e. The van der Waals surface area contributed by atoms with Crippen LogP contribution in [0.2, 0.25) is 0 Å². The number of aromatic amines is 1. The topological polar surface area (TPSA) is 75.7 Å². The van der Waals surface area contributed by atoms with E-state index in [2.05, 4.69) is 20.3 Å². The standard InChI is InChI=1S/C18H21N5O/c1-24-14-9-7-12(8-10-14)15-16-17(20-11-19-16)23-18(22-15)21-13-5-3-2-4-6-13/h7-11,13H,2-6H2,1H3,(H2,19,20,21,22,23). The highest BCUT2D eigenvalue weighted by molar-refractivity contribution is 5.88. The summed E-state index contributed by atoms with van der Waals surface area (Å²) in [5.41, 5.74) is 3.42. The summed E-state index contributed by atoms with van der Waals surface area (Å²) < 4.78 is 5.24. The average molecular weight is 323 g/mol. The molecule has 0 spiro atoms. The van der Waals surface area contributed by atoms with Crippen molar-refractivity contribution in [3.8, 4) is 17.0 Å². The van der Waals surface area contributed by atoms with Crippen molar-refractivity contribution in [3.63, 3.8) is 0 Å². The van der Waals surface area contributed by atoms with E-state index in [1.807, 2.05) is 24.3 Å². The molecule has 6 heteroatoms. The van der Waals surface area contributed by atoms with Gasteiger partial charge in [-0.05, 0) is 37.1 Å². The zero-order valence-corrected chi connectivity index (χ0v) is 13.7. The van der Waals surface area contributed by atoms with E-state index >= 15 is 0 Å². The molecule has 1 aromatic carbocycles. The predicted octanol–water partition coefficient (Wildman–Crippen LogP) is 3.77. The summed E-state index contributed by atoms with van der Waals surface area (Å²) in [5, 5.41) is 3.49. The van der Waals surface area contributed by atoms with Gasteiger partial charge in [0.2, 0.25) is 5.95 Å². The van der Waals surface area contributed by atoms with Gasteiger partial charge in [-0.2, -0.15) is 4.98 Å². The second-order valence-electron chi connectivity index (χ2n) is 6.20. The highest BCUT2D eigenvalue weighted by Gasteiger charge is 2.17. The number of ether oxygens (including phenoxy) is 1. The molecule has 6 nitrogen and oxygen atoms in total. The molecule has 4 rings (SSSR count). The van der Waals surface area contributed by atoms with E-state index in [4.69, 9.17) is 9.72 Å². The molecule has 2 N–H and O–H groups in total. The van der Waals surface area contributed by atoms with Crippen LogP contribution in [-0.2, 0) is 0 Å². The number of fused-ring (bicyclic) bond motifs is 1. The Morgan fingerprint density at radius 3 is 2.62 bits per heavy atom. The fourth-order valence-electron chi connectivity index (χ4n) is 3.29. The van der Waals surface area contributed by atoms with Crippen LogP contribution in [0.15, 0.2) is 30.6 Å². The first-order chi connectivity index (χ1) is 11.8. The molecule has 0 unspecified atom stereocenters. The largest absolute Gasteiger partial charge is 0.497 e. The highest BCUT2D eigenvalue weighted by Crippen LogP contribution is 2.28. The van der Waals surface area contributed by atoms with Crippen molar-refractivity contribution in [2.75, 3.05) is 12.4 Å². The van der Waals surface area contributed by atoms with Crippen LogP contribution in [0, 0.1) is 0 Å². The lowest BCUT2D eigenvalue weighted by atomic mass is 9.96. The van der Waals surface area contributed by atoms with Crippen LogP contribution in [0.25, 0.3) is 22.4 Å². The normalized spacial score (nSPS) is 15.5. The maximum atomic E-state index is 5.24. The molecular weight excluding hydrogens is 302 g/mol. The quantitative estimate of drug-likeness (QED) is 0.764. The van der Waals surface area contributed by atoms with E-state index in [0.717, 1.165) is 22.5 Å². The maximum absolute atomic E-state index is 5.24. The molecule has 0 aliphatic heterocycles. The van der Waals surface area contributed by atoms with Gasteiger partial charge < -0.3 is 15.0 Å². The van der Waals surface area contributed by atoms with Crippen molar-refractivity contribution in [1.29, 1.82) is 0 Å². The van der Waals surface area contributed by atoms with Gasteiger partial charge in [0.25, 0.3) is 0 Å². The number of anilines is 1. The Kier molecular flexibility index (Phi) is 4.02. The van der Waals surface area contributed by atoms with Crippen LogP contribution in [0.1, 0.15) is 32.1 Å². The Bertz CT molecular complexity index is 821. The van der Waals surface area contributed by atoms with Gasteiger partial charge in [-0.15, -0.1) is 0 Å². The lowest BCUT2D eigenvalue weighted by Gasteiger charge is -2.22. The molecule has 1 aliphatic rings. The lowest BCUT2D eigenvalue weighted by molar-refractivity contribution is 0.415. The first-order valence-corrected chi connectivity index (χ1v) is 8.45. The summed E-state index contributed by atoms with van der Waals surface area (Å²) in [6, 6.07) is 8.35. The molecule has 2 aromatic heterocycles. The van der Waals surface area contributed by atoms with Gasteiger partial charge >= 0.3 is 0 Å². The fraction of sp³-hybridized carbons (Fsp3) is 0.389. The van der Waals surface area contributed by atoms with Crippen LogP contribution in [-0.4, -0.2) is 33.1 Å². The summed E-state index contributed by atoms with van der Waals surface area (Å²) in [5.74, 6) is 1.49. The summed E-state index contributed by atoms with van der Waals surface area (Å²) in [4.78, 5) is 16.8. The number of aromatic nitrogens is 4. The van der Waals surface area contributed by atoms with E-state index in [1.165, 1.54) is 32.1 Å². The number of benzene rings is 1.